The Balaban J connectivity index is 1.27. The maximum absolute atomic E-state index is 6.44. The molecular formula is C44H27NO2. The average molecular weight is 602 g/mol. The molecule has 0 amide bonds. The second-order valence-electron chi connectivity index (χ2n) is 12.1. The Hall–Kier alpha value is -6.32. The molecule has 0 aliphatic rings. The van der Waals surface area contributed by atoms with Gasteiger partial charge in [-0.2, -0.15) is 0 Å². The van der Waals surface area contributed by atoms with Gasteiger partial charge in [0.05, 0.1) is 5.69 Å². The van der Waals surface area contributed by atoms with Gasteiger partial charge in [0.25, 0.3) is 0 Å². The summed E-state index contributed by atoms with van der Waals surface area (Å²) in [6, 6.07) is 57.9. The predicted molar refractivity (Wildman–Crippen MR) is 196 cm³/mol. The van der Waals surface area contributed by atoms with Gasteiger partial charge in [-0.15, -0.1) is 0 Å². The number of hydrogen-bond acceptors (Lipinski definition) is 3. The summed E-state index contributed by atoms with van der Waals surface area (Å²) in [4.78, 5) is 2.35. The molecule has 2 aromatic heterocycles. The van der Waals surface area contributed by atoms with E-state index in [1.807, 2.05) is 24.3 Å². The van der Waals surface area contributed by atoms with E-state index in [1.165, 1.54) is 27.3 Å². The Morgan fingerprint density at radius 3 is 1.66 bits per heavy atom. The molecule has 0 aliphatic heterocycles. The molecule has 0 saturated heterocycles. The third-order valence-electron chi connectivity index (χ3n) is 9.43. The molecule has 0 unspecified atom stereocenters. The number of rotatable bonds is 4. The monoisotopic (exact) mass is 601 g/mol. The van der Waals surface area contributed by atoms with Crippen LogP contribution in [-0.4, -0.2) is 0 Å². The van der Waals surface area contributed by atoms with Gasteiger partial charge in [-0.25, -0.2) is 0 Å². The second-order valence-corrected chi connectivity index (χ2v) is 12.1. The SMILES string of the molecule is c1ccc(-c2ccc(N(c3ccc4c(c3)oc3ccccc34)c3cc4ccccc4c4cc5c(cc34)oc3ccccc35)cc2)cc1. The van der Waals surface area contributed by atoms with Gasteiger partial charge in [-0.1, -0.05) is 103 Å². The summed E-state index contributed by atoms with van der Waals surface area (Å²) in [7, 11) is 0. The number of furan rings is 2. The van der Waals surface area contributed by atoms with Crippen LogP contribution in [0.2, 0.25) is 0 Å². The minimum atomic E-state index is 0.861. The molecule has 0 N–H and O–H groups in total. The lowest BCUT2D eigenvalue weighted by atomic mass is 9.97. The Kier molecular flexibility index (Phi) is 5.57. The predicted octanol–water partition coefficient (Wildman–Crippen LogP) is 12.9. The van der Waals surface area contributed by atoms with Gasteiger partial charge < -0.3 is 13.7 Å². The molecule has 10 aromatic rings. The highest BCUT2D eigenvalue weighted by atomic mass is 16.3. The van der Waals surface area contributed by atoms with Gasteiger partial charge >= 0.3 is 0 Å². The van der Waals surface area contributed by atoms with Crippen molar-refractivity contribution in [2.24, 2.45) is 0 Å². The van der Waals surface area contributed by atoms with E-state index >= 15 is 0 Å². The van der Waals surface area contributed by atoms with E-state index in [1.54, 1.807) is 0 Å². The van der Waals surface area contributed by atoms with Crippen molar-refractivity contribution in [2.45, 2.75) is 0 Å². The van der Waals surface area contributed by atoms with Crippen LogP contribution < -0.4 is 4.90 Å². The van der Waals surface area contributed by atoms with E-state index in [0.717, 1.165) is 66.3 Å². The van der Waals surface area contributed by atoms with Crippen LogP contribution >= 0.6 is 0 Å². The zero-order chi connectivity index (χ0) is 30.9. The molecule has 0 atom stereocenters. The Morgan fingerprint density at radius 2 is 0.894 bits per heavy atom. The number of benzene rings is 8. The molecule has 0 fully saturated rings. The fourth-order valence-corrected chi connectivity index (χ4v) is 7.20. The lowest BCUT2D eigenvalue weighted by Gasteiger charge is -2.28. The highest BCUT2D eigenvalue weighted by molar-refractivity contribution is 6.21. The van der Waals surface area contributed by atoms with Crippen molar-refractivity contribution >= 4 is 82.5 Å². The van der Waals surface area contributed by atoms with Crippen molar-refractivity contribution in [3.63, 3.8) is 0 Å². The average Bonchev–Trinajstić information content (AvgIpc) is 3.69. The molecule has 0 saturated carbocycles. The third kappa shape index (κ3) is 4.07. The van der Waals surface area contributed by atoms with Gasteiger partial charge in [0.2, 0.25) is 0 Å². The molecule has 8 aromatic carbocycles. The number of anilines is 3. The van der Waals surface area contributed by atoms with E-state index in [4.69, 9.17) is 8.83 Å². The summed E-state index contributed by atoms with van der Waals surface area (Å²) in [6.45, 7) is 0. The molecule has 220 valence electrons. The van der Waals surface area contributed by atoms with Gasteiger partial charge in [-0.3, -0.25) is 0 Å². The summed E-state index contributed by atoms with van der Waals surface area (Å²) in [5, 5.41) is 9.18. The second kappa shape index (κ2) is 10.1. The lowest BCUT2D eigenvalue weighted by molar-refractivity contribution is 0.668. The summed E-state index contributed by atoms with van der Waals surface area (Å²) < 4.78 is 12.8. The van der Waals surface area contributed by atoms with Crippen LogP contribution in [-0.2, 0) is 0 Å². The van der Waals surface area contributed by atoms with Crippen LogP contribution in [0.1, 0.15) is 0 Å². The highest BCUT2D eigenvalue weighted by Crippen LogP contribution is 2.45. The topological polar surface area (TPSA) is 29.5 Å². The normalized spacial score (nSPS) is 11.8. The van der Waals surface area contributed by atoms with Gasteiger partial charge in [-0.05, 0) is 81.9 Å². The van der Waals surface area contributed by atoms with Crippen LogP contribution in [0.25, 0.3) is 76.5 Å². The summed E-state index contributed by atoms with van der Waals surface area (Å²) in [6.07, 6.45) is 0. The molecule has 3 nitrogen and oxygen atoms in total. The van der Waals surface area contributed by atoms with E-state index in [2.05, 4.69) is 144 Å². The molecule has 10 rings (SSSR count). The van der Waals surface area contributed by atoms with Gasteiger partial charge in [0.1, 0.15) is 22.3 Å². The number of nitrogens with zero attached hydrogens (tertiary/aromatic N) is 1. The van der Waals surface area contributed by atoms with Crippen LogP contribution in [0.15, 0.2) is 173 Å². The summed E-state index contributed by atoms with van der Waals surface area (Å²) in [5.41, 5.74) is 9.04. The number of hydrogen-bond donors (Lipinski definition) is 0. The highest BCUT2D eigenvalue weighted by Gasteiger charge is 2.21. The fraction of sp³-hybridized carbons (Fsp3) is 0. The van der Waals surface area contributed by atoms with Crippen molar-refractivity contribution in [2.75, 3.05) is 4.90 Å². The third-order valence-corrected chi connectivity index (χ3v) is 9.43. The maximum Gasteiger partial charge on any atom is 0.137 e. The fourth-order valence-electron chi connectivity index (χ4n) is 7.20. The van der Waals surface area contributed by atoms with Gasteiger partial charge in [0.15, 0.2) is 0 Å². The Morgan fingerprint density at radius 1 is 0.319 bits per heavy atom. The molecule has 3 heteroatoms. The van der Waals surface area contributed by atoms with E-state index < -0.39 is 0 Å². The summed E-state index contributed by atoms with van der Waals surface area (Å²) >= 11 is 0. The standard InChI is InChI=1S/C44H27NO2/c1-2-10-28(11-3-1)29-18-20-31(21-19-29)45(32-22-23-36-34-14-6-8-16-41(34)46-43(36)25-32)40-24-30-12-4-5-13-33(30)37-26-39-35-15-7-9-17-42(35)47-44(39)27-38(37)40/h1-27H. The maximum atomic E-state index is 6.44. The summed E-state index contributed by atoms with van der Waals surface area (Å²) in [5.74, 6) is 0. The Labute approximate surface area is 270 Å². The molecule has 47 heavy (non-hydrogen) atoms. The number of para-hydroxylation sites is 2. The van der Waals surface area contributed by atoms with E-state index in [9.17, 15) is 0 Å². The molecular weight excluding hydrogens is 574 g/mol. The van der Waals surface area contributed by atoms with Crippen LogP contribution in [0.5, 0.6) is 0 Å². The van der Waals surface area contributed by atoms with Crippen molar-refractivity contribution in [1.29, 1.82) is 0 Å². The quantitative estimate of drug-likeness (QED) is 0.188. The molecule has 2 heterocycles. The van der Waals surface area contributed by atoms with E-state index in [0.29, 0.717) is 0 Å². The molecule has 0 radical (unpaired) electrons. The van der Waals surface area contributed by atoms with Crippen LogP contribution in [0.4, 0.5) is 17.1 Å². The minimum Gasteiger partial charge on any atom is -0.456 e. The van der Waals surface area contributed by atoms with Crippen molar-refractivity contribution < 1.29 is 8.83 Å². The number of fused-ring (bicyclic) bond motifs is 9. The largest absolute Gasteiger partial charge is 0.456 e. The smallest absolute Gasteiger partial charge is 0.137 e. The zero-order valence-electron chi connectivity index (χ0n) is 25.4. The molecule has 0 spiro atoms. The van der Waals surface area contributed by atoms with Gasteiger partial charge in [0, 0.05) is 44.4 Å². The molecule has 0 aliphatic carbocycles. The first-order chi connectivity index (χ1) is 23.3. The first kappa shape index (κ1) is 26.0. The minimum absolute atomic E-state index is 0.861. The van der Waals surface area contributed by atoms with Crippen molar-refractivity contribution in [3.8, 4) is 11.1 Å². The first-order valence-corrected chi connectivity index (χ1v) is 15.9. The Bertz CT molecular complexity index is 2790. The van der Waals surface area contributed by atoms with Crippen LogP contribution in [0, 0.1) is 0 Å². The first-order valence-electron chi connectivity index (χ1n) is 15.9. The van der Waals surface area contributed by atoms with Crippen LogP contribution in [0.3, 0.4) is 0 Å². The molecule has 0 bridgehead atoms. The zero-order valence-corrected chi connectivity index (χ0v) is 25.4. The van der Waals surface area contributed by atoms with E-state index in [-0.39, 0.29) is 0 Å². The lowest BCUT2D eigenvalue weighted by Crippen LogP contribution is -2.10. The van der Waals surface area contributed by atoms with Crippen molar-refractivity contribution in [3.05, 3.63) is 164 Å². The van der Waals surface area contributed by atoms with Crippen molar-refractivity contribution in [1.82, 2.24) is 0 Å².